The Kier molecular flexibility index (Phi) is 4.71. The zero-order valence-corrected chi connectivity index (χ0v) is 12.9. The van der Waals surface area contributed by atoms with E-state index in [4.69, 9.17) is 17.3 Å². The van der Waals surface area contributed by atoms with Gasteiger partial charge in [0.15, 0.2) is 0 Å². The molecule has 3 nitrogen and oxygen atoms in total. The number of amides is 1. The molecular weight excluding hydrogens is 272 g/mol. The Labute approximate surface area is 125 Å². The summed E-state index contributed by atoms with van der Waals surface area (Å²) in [4.78, 5) is 12.2. The molecule has 1 aromatic rings. The summed E-state index contributed by atoms with van der Waals surface area (Å²) in [5.41, 5.74) is 6.94. The predicted molar refractivity (Wildman–Crippen MR) is 82.6 cm³/mol. The Morgan fingerprint density at radius 2 is 1.95 bits per heavy atom. The van der Waals surface area contributed by atoms with Crippen molar-refractivity contribution in [2.75, 3.05) is 0 Å². The van der Waals surface area contributed by atoms with Crippen LogP contribution >= 0.6 is 11.6 Å². The molecule has 1 saturated carbocycles. The van der Waals surface area contributed by atoms with Gasteiger partial charge in [0, 0.05) is 17.0 Å². The highest BCUT2D eigenvalue weighted by molar-refractivity contribution is 6.30. The highest BCUT2D eigenvalue weighted by atomic mass is 35.5. The van der Waals surface area contributed by atoms with E-state index in [0.717, 1.165) is 24.8 Å². The predicted octanol–water partition coefficient (Wildman–Crippen LogP) is 3.42. The van der Waals surface area contributed by atoms with E-state index >= 15 is 0 Å². The van der Waals surface area contributed by atoms with Crippen LogP contribution in [0.4, 0.5) is 0 Å². The maximum absolute atomic E-state index is 12.2. The van der Waals surface area contributed by atoms with Gasteiger partial charge in [-0.25, -0.2) is 0 Å². The first-order chi connectivity index (χ1) is 9.39. The van der Waals surface area contributed by atoms with Gasteiger partial charge in [-0.2, -0.15) is 0 Å². The van der Waals surface area contributed by atoms with E-state index in [2.05, 4.69) is 19.2 Å². The second-order valence-electron chi connectivity index (χ2n) is 6.23. The lowest BCUT2D eigenvalue weighted by molar-refractivity contribution is -0.124. The van der Waals surface area contributed by atoms with Crippen LogP contribution in [0.15, 0.2) is 24.3 Å². The summed E-state index contributed by atoms with van der Waals surface area (Å²) >= 11 is 5.91. The second-order valence-corrected chi connectivity index (χ2v) is 6.67. The molecule has 0 aliphatic heterocycles. The van der Waals surface area contributed by atoms with E-state index in [1.165, 1.54) is 0 Å². The average molecular weight is 295 g/mol. The molecule has 0 bridgehead atoms. The molecule has 1 aliphatic carbocycles. The van der Waals surface area contributed by atoms with E-state index in [9.17, 15) is 4.79 Å². The highest BCUT2D eigenvalue weighted by Gasteiger charge is 2.35. The smallest absolute Gasteiger partial charge is 0.222 e. The van der Waals surface area contributed by atoms with Gasteiger partial charge in [-0.05, 0) is 42.9 Å². The fourth-order valence-electron chi connectivity index (χ4n) is 2.66. The molecule has 0 spiro atoms. The number of carbonyl (C=O) groups is 1. The summed E-state index contributed by atoms with van der Waals surface area (Å²) in [6.45, 7) is 4.20. The van der Waals surface area contributed by atoms with Crippen molar-refractivity contribution in [3.63, 3.8) is 0 Å². The van der Waals surface area contributed by atoms with Crippen LogP contribution in [0, 0.1) is 5.92 Å². The summed E-state index contributed by atoms with van der Waals surface area (Å²) in [7, 11) is 0. The van der Waals surface area contributed by atoms with Crippen molar-refractivity contribution in [1.82, 2.24) is 5.32 Å². The fraction of sp³-hybridized carbons (Fsp3) is 0.562. The highest BCUT2D eigenvalue weighted by Crippen LogP contribution is 2.32. The van der Waals surface area contributed by atoms with Crippen LogP contribution in [0.2, 0.25) is 5.02 Å². The summed E-state index contributed by atoms with van der Waals surface area (Å²) in [6.07, 6.45) is 3.46. The first-order valence-corrected chi connectivity index (χ1v) is 7.61. The van der Waals surface area contributed by atoms with Crippen LogP contribution in [0.3, 0.4) is 0 Å². The van der Waals surface area contributed by atoms with Gasteiger partial charge in [0.25, 0.3) is 0 Å². The van der Waals surface area contributed by atoms with Gasteiger partial charge in [0.05, 0.1) is 6.04 Å². The number of nitrogens with one attached hydrogen (secondary N) is 1. The normalized spacial score (nSPS) is 18.4. The third-order valence-electron chi connectivity index (χ3n) is 4.07. The summed E-state index contributed by atoms with van der Waals surface area (Å²) in [5, 5.41) is 3.82. The summed E-state index contributed by atoms with van der Waals surface area (Å²) in [6, 6.07) is 7.65. The summed E-state index contributed by atoms with van der Waals surface area (Å²) < 4.78 is 0. The Morgan fingerprint density at radius 1 is 1.35 bits per heavy atom. The second kappa shape index (κ2) is 6.15. The van der Waals surface area contributed by atoms with Crippen molar-refractivity contribution < 1.29 is 4.79 Å². The number of hydrogen-bond acceptors (Lipinski definition) is 2. The number of halogens is 1. The number of rotatable bonds is 5. The maximum Gasteiger partial charge on any atom is 0.222 e. The van der Waals surface area contributed by atoms with Crippen LogP contribution in [0.25, 0.3) is 0 Å². The maximum atomic E-state index is 12.2. The molecule has 1 fully saturated rings. The lowest BCUT2D eigenvalue weighted by Gasteiger charge is -2.38. The minimum atomic E-state index is -0.272. The minimum Gasteiger partial charge on any atom is -0.349 e. The molecule has 4 heteroatoms. The lowest BCUT2D eigenvalue weighted by Crippen LogP contribution is -2.50. The molecule has 0 heterocycles. The molecule has 3 N–H and O–H groups in total. The van der Waals surface area contributed by atoms with Crippen LogP contribution < -0.4 is 11.1 Å². The molecule has 1 aliphatic rings. The van der Waals surface area contributed by atoms with Crippen molar-refractivity contribution in [2.24, 2.45) is 11.7 Å². The number of hydrogen-bond donors (Lipinski definition) is 2. The molecular formula is C16H23ClN2O. The fourth-order valence-corrected chi connectivity index (χ4v) is 2.78. The Bertz CT molecular complexity index is 466. The van der Waals surface area contributed by atoms with E-state index in [1.807, 2.05) is 24.3 Å². The monoisotopic (exact) mass is 294 g/mol. The molecule has 1 amide bonds. The van der Waals surface area contributed by atoms with Crippen molar-refractivity contribution in [3.05, 3.63) is 34.9 Å². The molecule has 110 valence electrons. The van der Waals surface area contributed by atoms with Gasteiger partial charge in [-0.15, -0.1) is 0 Å². The van der Waals surface area contributed by atoms with E-state index in [1.54, 1.807) is 0 Å². The molecule has 0 radical (unpaired) electrons. The Balaban J connectivity index is 2.02. The van der Waals surface area contributed by atoms with E-state index in [0.29, 0.717) is 17.4 Å². The number of benzene rings is 1. The molecule has 2 rings (SSSR count). The SMILES string of the molecule is CC(C)C(NC(=O)CC1(N)CCC1)c1ccc(Cl)cc1. The first kappa shape index (κ1) is 15.3. The Hall–Kier alpha value is -1.06. The van der Waals surface area contributed by atoms with Crippen molar-refractivity contribution in [1.29, 1.82) is 0 Å². The van der Waals surface area contributed by atoms with Crippen LogP contribution in [0.1, 0.15) is 51.1 Å². The molecule has 20 heavy (non-hydrogen) atoms. The van der Waals surface area contributed by atoms with Gasteiger partial charge >= 0.3 is 0 Å². The summed E-state index contributed by atoms with van der Waals surface area (Å²) in [5.74, 6) is 0.357. The van der Waals surface area contributed by atoms with Gasteiger partial charge < -0.3 is 11.1 Å². The zero-order chi connectivity index (χ0) is 14.8. The van der Waals surface area contributed by atoms with Crippen LogP contribution in [-0.2, 0) is 4.79 Å². The number of carbonyl (C=O) groups excluding carboxylic acids is 1. The molecule has 0 saturated heterocycles. The average Bonchev–Trinajstić information content (AvgIpc) is 2.35. The quantitative estimate of drug-likeness (QED) is 0.874. The van der Waals surface area contributed by atoms with E-state index < -0.39 is 0 Å². The third kappa shape index (κ3) is 3.74. The van der Waals surface area contributed by atoms with Gasteiger partial charge in [-0.3, -0.25) is 4.79 Å². The minimum absolute atomic E-state index is 0.00319. The van der Waals surface area contributed by atoms with Gasteiger partial charge in [-0.1, -0.05) is 37.6 Å². The molecule has 1 unspecified atom stereocenters. The molecule has 0 aromatic heterocycles. The molecule has 1 atom stereocenters. The standard InChI is InChI=1S/C16H23ClN2O/c1-11(2)15(12-4-6-13(17)7-5-12)19-14(20)10-16(18)8-3-9-16/h4-7,11,15H,3,8-10,18H2,1-2H3,(H,19,20). The Morgan fingerprint density at radius 3 is 2.40 bits per heavy atom. The van der Waals surface area contributed by atoms with E-state index in [-0.39, 0.29) is 17.5 Å². The van der Waals surface area contributed by atoms with Crippen molar-refractivity contribution in [2.45, 2.75) is 51.1 Å². The number of nitrogens with two attached hydrogens (primary N) is 1. The third-order valence-corrected chi connectivity index (χ3v) is 4.33. The van der Waals surface area contributed by atoms with Crippen molar-refractivity contribution in [3.8, 4) is 0 Å². The lowest BCUT2D eigenvalue weighted by atomic mass is 9.75. The molecule has 1 aromatic carbocycles. The zero-order valence-electron chi connectivity index (χ0n) is 12.2. The van der Waals surface area contributed by atoms with Crippen molar-refractivity contribution >= 4 is 17.5 Å². The van der Waals surface area contributed by atoms with Gasteiger partial charge in [0.2, 0.25) is 5.91 Å². The van der Waals surface area contributed by atoms with Crippen LogP contribution in [-0.4, -0.2) is 11.4 Å². The topological polar surface area (TPSA) is 55.1 Å². The first-order valence-electron chi connectivity index (χ1n) is 7.23. The van der Waals surface area contributed by atoms with Crippen LogP contribution in [0.5, 0.6) is 0 Å². The van der Waals surface area contributed by atoms with Gasteiger partial charge in [0.1, 0.15) is 0 Å². The largest absolute Gasteiger partial charge is 0.349 e.